The highest BCUT2D eigenvalue weighted by Crippen LogP contribution is 2.22. The maximum absolute atomic E-state index is 10.9. The first-order valence-electron chi connectivity index (χ1n) is 6.16. The Labute approximate surface area is 113 Å². The second-order valence-electron chi connectivity index (χ2n) is 4.82. The number of carbonyl (C=O) groups is 1. The van der Waals surface area contributed by atoms with Gasteiger partial charge in [-0.05, 0) is 50.3 Å². The Morgan fingerprint density at radius 1 is 1.33 bits per heavy atom. The smallest absolute Gasteiger partial charge is 0.309 e. The average Bonchev–Trinajstić information content (AvgIpc) is 2.31. The van der Waals surface area contributed by atoms with E-state index in [-0.39, 0.29) is 0 Å². The molecule has 0 aliphatic rings. The molecule has 0 saturated carbocycles. The van der Waals surface area contributed by atoms with Crippen LogP contribution in [0.1, 0.15) is 27.2 Å². The van der Waals surface area contributed by atoms with Crippen molar-refractivity contribution in [1.82, 2.24) is 0 Å². The van der Waals surface area contributed by atoms with E-state index in [1.54, 1.807) is 13.8 Å². The van der Waals surface area contributed by atoms with E-state index in [0.717, 1.165) is 11.4 Å². The molecule has 1 aromatic carbocycles. The van der Waals surface area contributed by atoms with Crippen molar-refractivity contribution >= 4 is 23.4 Å². The first-order chi connectivity index (χ1) is 8.45. The minimum absolute atomic E-state index is 0.605. The van der Waals surface area contributed by atoms with Crippen LogP contribution in [0.5, 0.6) is 0 Å². The fourth-order valence-electron chi connectivity index (χ4n) is 1.46. The molecule has 1 rings (SSSR count). The molecule has 0 fully saturated rings. The monoisotopic (exact) mass is 267 g/mol. The molecule has 0 heterocycles. The average molecular weight is 267 g/mol. The van der Waals surface area contributed by atoms with E-state index in [9.17, 15) is 4.79 Å². The molecular weight excluding hydrogens is 246 g/mol. The van der Waals surface area contributed by atoms with E-state index >= 15 is 0 Å². The molecule has 18 heavy (non-hydrogen) atoms. The lowest BCUT2D eigenvalue weighted by molar-refractivity contribution is -0.147. The third-order valence-corrected chi connectivity index (χ3v) is 3.72. The number of carboxylic acids is 1. The lowest BCUT2D eigenvalue weighted by Crippen LogP contribution is -2.26. The number of benzene rings is 1. The molecule has 0 aliphatic carbocycles. The first kappa shape index (κ1) is 14.9. The van der Waals surface area contributed by atoms with Crippen LogP contribution in [-0.4, -0.2) is 23.4 Å². The third kappa shape index (κ3) is 4.61. The van der Waals surface area contributed by atoms with Crippen molar-refractivity contribution in [2.45, 2.75) is 32.1 Å². The van der Waals surface area contributed by atoms with Gasteiger partial charge in [0.2, 0.25) is 0 Å². The van der Waals surface area contributed by atoms with Crippen LogP contribution in [0.3, 0.4) is 0 Å². The molecule has 0 aliphatic heterocycles. The van der Waals surface area contributed by atoms with Gasteiger partial charge in [0.25, 0.3) is 0 Å². The van der Waals surface area contributed by atoms with Crippen molar-refractivity contribution in [3.05, 3.63) is 24.3 Å². The Bertz CT molecular complexity index is 387. The van der Waals surface area contributed by atoms with Gasteiger partial charge in [-0.3, -0.25) is 4.79 Å². The highest BCUT2D eigenvalue weighted by Gasteiger charge is 2.26. The van der Waals surface area contributed by atoms with Crippen LogP contribution in [0.4, 0.5) is 5.69 Å². The summed E-state index contributed by atoms with van der Waals surface area (Å²) in [4.78, 5) is 12.2. The fourth-order valence-corrected chi connectivity index (χ4v) is 2.12. The molecule has 0 aromatic heterocycles. The van der Waals surface area contributed by atoms with Crippen LogP contribution in [0.2, 0.25) is 0 Å². The Hall–Kier alpha value is -1.16. The summed E-state index contributed by atoms with van der Waals surface area (Å²) >= 11 is 1.81. The van der Waals surface area contributed by atoms with Crippen molar-refractivity contribution in [2.24, 2.45) is 5.41 Å². The summed E-state index contributed by atoms with van der Waals surface area (Å²) in [6.45, 7) is 6.29. The summed E-state index contributed by atoms with van der Waals surface area (Å²) in [5, 5.41) is 12.3. The molecule has 0 unspecified atom stereocenters. The van der Waals surface area contributed by atoms with E-state index in [4.69, 9.17) is 5.11 Å². The predicted octanol–water partition coefficient (Wildman–Crippen LogP) is 3.71. The van der Waals surface area contributed by atoms with Crippen molar-refractivity contribution in [1.29, 1.82) is 0 Å². The first-order valence-corrected chi connectivity index (χ1v) is 7.14. The zero-order chi connectivity index (χ0) is 13.6. The summed E-state index contributed by atoms with van der Waals surface area (Å²) in [6, 6.07) is 8.23. The Kier molecular flexibility index (Phi) is 5.54. The molecule has 3 nitrogen and oxygen atoms in total. The van der Waals surface area contributed by atoms with Crippen LogP contribution in [0.25, 0.3) is 0 Å². The van der Waals surface area contributed by atoms with Crippen LogP contribution < -0.4 is 5.32 Å². The van der Waals surface area contributed by atoms with Gasteiger partial charge >= 0.3 is 5.97 Å². The summed E-state index contributed by atoms with van der Waals surface area (Å²) in [5.74, 6) is 0.318. The van der Waals surface area contributed by atoms with E-state index in [1.165, 1.54) is 4.90 Å². The number of nitrogens with one attached hydrogen (secondary N) is 1. The van der Waals surface area contributed by atoms with Crippen molar-refractivity contribution < 1.29 is 9.90 Å². The maximum atomic E-state index is 10.9. The third-order valence-electron chi connectivity index (χ3n) is 2.82. The van der Waals surface area contributed by atoms with E-state index in [2.05, 4.69) is 24.4 Å². The standard InChI is InChI=1S/C14H21NO2S/c1-4-18-12-7-5-11(6-8-12)15-10-9-14(2,3)13(16)17/h5-8,15H,4,9-10H2,1-3H3,(H,16,17). The second-order valence-corrected chi connectivity index (χ2v) is 6.16. The normalized spacial score (nSPS) is 11.3. The zero-order valence-electron chi connectivity index (χ0n) is 11.2. The number of anilines is 1. The molecule has 4 heteroatoms. The van der Waals surface area contributed by atoms with E-state index in [1.807, 2.05) is 23.9 Å². The summed E-state index contributed by atoms with van der Waals surface area (Å²) in [6.07, 6.45) is 0.605. The Morgan fingerprint density at radius 2 is 1.94 bits per heavy atom. The molecule has 0 spiro atoms. The summed E-state index contributed by atoms with van der Waals surface area (Å²) < 4.78 is 0. The van der Waals surface area contributed by atoms with Crippen LogP contribution >= 0.6 is 11.8 Å². The maximum Gasteiger partial charge on any atom is 0.309 e. The molecule has 0 atom stereocenters. The van der Waals surface area contributed by atoms with Gasteiger partial charge in [-0.15, -0.1) is 11.8 Å². The molecular formula is C14H21NO2S. The number of hydrogen-bond acceptors (Lipinski definition) is 3. The van der Waals surface area contributed by atoms with Gasteiger partial charge < -0.3 is 10.4 Å². The fraction of sp³-hybridized carbons (Fsp3) is 0.500. The number of hydrogen-bond donors (Lipinski definition) is 2. The van der Waals surface area contributed by atoms with Gasteiger partial charge in [-0.2, -0.15) is 0 Å². The van der Waals surface area contributed by atoms with Crippen molar-refractivity contribution in [3.63, 3.8) is 0 Å². The SMILES string of the molecule is CCSc1ccc(NCCC(C)(C)C(=O)O)cc1. The van der Waals surface area contributed by atoms with E-state index in [0.29, 0.717) is 13.0 Å². The summed E-state index contributed by atoms with van der Waals surface area (Å²) in [5.41, 5.74) is 0.363. The van der Waals surface area contributed by atoms with Crippen LogP contribution in [0.15, 0.2) is 29.2 Å². The topological polar surface area (TPSA) is 49.3 Å². The highest BCUT2D eigenvalue weighted by atomic mass is 32.2. The van der Waals surface area contributed by atoms with Gasteiger partial charge in [-0.1, -0.05) is 6.92 Å². The van der Waals surface area contributed by atoms with E-state index < -0.39 is 11.4 Å². The number of thioether (sulfide) groups is 1. The second kappa shape index (κ2) is 6.69. The number of aliphatic carboxylic acids is 1. The van der Waals surface area contributed by atoms with Gasteiger partial charge in [0.15, 0.2) is 0 Å². The van der Waals surface area contributed by atoms with Crippen molar-refractivity contribution in [3.8, 4) is 0 Å². The molecule has 100 valence electrons. The van der Waals surface area contributed by atoms with Crippen LogP contribution in [-0.2, 0) is 4.79 Å². The Balaban J connectivity index is 2.42. The van der Waals surface area contributed by atoms with Crippen LogP contribution in [0, 0.1) is 5.41 Å². The zero-order valence-corrected chi connectivity index (χ0v) is 12.0. The molecule has 0 bridgehead atoms. The highest BCUT2D eigenvalue weighted by molar-refractivity contribution is 7.99. The van der Waals surface area contributed by atoms with Gasteiger partial charge in [0.05, 0.1) is 5.41 Å². The quantitative estimate of drug-likeness (QED) is 0.739. The lowest BCUT2D eigenvalue weighted by Gasteiger charge is -2.19. The number of rotatable bonds is 7. The minimum Gasteiger partial charge on any atom is -0.481 e. The number of carboxylic acid groups (broad SMARTS) is 1. The van der Waals surface area contributed by atoms with Gasteiger partial charge in [0, 0.05) is 17.1 Å². The lowest BCUT2D eigenvalue weighted by atomic mass is 9.90. The van der Waals surface area contributed by atoms with Gasteiger partial charge in [0.1, 0.15) is 0 Å². The summed E-state index contributed by atoms with van der Waals surface area (Å²) in [7, 11) is 0. The molecule has 2 N–H and O–H groups in total. The molecule has 0 saturated heterocycles. The Morgan fingerprint density at radius 3 is 2.44 bits per heavy atom. The molecule has 0 radical (unpaired) electrons. The van der Waals surface area contributed by atoms with Gasteiger partial charge in [-0.25, -0.2) is 0 Å². The van der Waals surface area contributed by atoms with Crippen molar-refractivity contribution in [2.75, 3.05) is 17.6 Å². The minimum atomic E-state index is -0.751. The molecule has 1 aromatic rings. The largest absolute Gasteiger partial charge is 0.481 e. The molecule has 0 amide bonds. The predicted molar refractivity (Wildman–Crippen MR) is 77.4 cm³/mol.